The van der Waals surface area contributed by atoms with Crippen molar-refractivity contribution in [3.8, 4) is 11.1 Å². The number of hydrogen-bond donors (Lipinski definition) is 1. The van der Waals surface area contributed by atoms with Crippen LogP contribution in [0.2, 0.25) is 0 Å². The third kappa shape index (κ3) is 2.14. The fourth-order valence-corrected chi connectivity index (χ4v) is 2.13. The minimum atomic E-state index is -0.853. The van der Waals surface area contributed by atoms with Crippen LogP contribution in [0.4, 0.5) is 8.78 Å². The maximum absolute atomic E-state index is 13.7. The smallest absolute Gasteiger partial charge is 0.166 e. The summed E-state index contributed by atoms with van der Waals surface area (Å²) in [7, 11) is 0. The fraction of sp³-hybridized carbons (Fsp3) is 0.200. The van der Waals surface area contributed by atoms with Gasteiger partial charge in [-0.25, -0.2) is 8.78 Å². The van der Waals surface area contributed by atoms with Gasteiger partial charge in [0.15, 0.2) is 11.6 Å². The normalized spacial score (nSPS) is 10.7. The average Bonchev–Trinajstić information content (AvgIpc) is 2.32. The van der Waals surface area contributed by atoms with Crippen LogP contribution in [0.5, 0.6) is 0 Å². The van der Waals surface area contributed by atoms with Gasteiger partial charge in [0.25, 0.3) is 0 Å². The number of halogens is 2. The highest BCUT2D eigenvalue weighted by atomic mass is 19.2. The molecule has 0 saturated heterocycles. The summed E-state index contributed by atoms with van der Waals surface area (Å²) in [6.07, 6.45) is 0. The molecule has 2 rings (SSSR count). The first-order valence-corrected chi connectivity index (χ1v) is 5.70. The standard InChI is InChI=1S/C15H14F2O/c1-9-6-11(7-10(2)13(9)8-18)12-4-3-5-14(16)15(12)17/h3-7,18H,8H2,1-2H3. The first-order valence-electron chi connectivity index (χ1n) is 5.70. The topological polar surface area (TPSA) is 20.2 Å². The van der Waals surface area contributed by atoms with Gasteiger partial charge in [0.05, 0.1) is 6.61 Å². The van der Waals surface area contributed by atoms with Crippen LogP contribution < -0.4 is 0 Å². The van der Waals surface area contributed by atoms with Crippen LogP contribution in [-0.2, 0) is 6.61 Å². The molecule has 0 heterocycles. The molecule has 0 amide bonds. The Morgan fingerprint density at radius 2 is 1.67 bits per heavy atom. The summed E-state index contributed by atoms with van der Waals surface area (Å²) in [5.41, 5.74) is 3.44. The van der Waals surface area contributed by atoms with Gasteiger partial charge in [0.2, 0.25) is 0 Å². The number of rotatable bonds is 2. The van der Waals surface area contributed by atoms with Crippen molar-refractivity contribution in [1.82, 2.24) is 0 Å². The van der Waals surface area contributed by atoms with Gasteiger partial charge in [-0.3, -0.25) is 0 Å². The van der Waals surface area contributed by atoms with E-state index in [1.165, 1.54) is 6.07 Å². The number of aliphatic hydroxyl groups excluding tert-OH is 1. The highest BCUT2D eigenvalue weighted by molar-refractivity contribution is 5.67. The maximum atomic E-state index is 13.7. The summed E-state index contributed by atoms with van der Waals surface area (Å²) in [5.74, 6) is -1.69. The second-order valence-corrected chi connectivity index (χ2v) is 4.35. The van der Waals surface area contributed by atoms with E-state index in [4.69, 9.17) is 0 Å². The van der Waals surface area contributed by atoms with E-state index in [1.54, 1.807) is 18.2 Å². The Morgan fingerprint density at radius 1 is 1.06 bits per heavy atom. The Morgan fingerprint density at radius 3 is 2.22 bits per heavy atom. The molecule has 2 aromatic rings. The van der Waals surface area contributed by atoms with Gasteiger partial charge in [0, 0.05) is 5.56 Å². The molecule has 94 valence electrons. The van der Waals surface area contributed by atoms with E-state index in [9.17, 15) is 13.9 Å². The maximum Gasteiger partial charge on any atom is 0.166 e. The zero-order valence-corrected chi connectivity index (χ0v) is 10.3. The van der Waals surface area contributed by atoms with Crippen LogP contribution >= 0.6 is 0 Å². The Kier molecular flexibility index (Phi) is 3.43. The van der Waals surface area contributed by atoms with Gasteiger partial charge < -0.3 is 5.11 Å². The number of aliphatic hydroxyl groups is 1. The van der Waals surface area contributed by atoms with Crippen molar-refractivity contribution in [2.45, 2.75) is 20.5 Å². The first-order chi connectivity index (χ1) is 8.54. The second-order valence-electron chi connectivity index (χ2n) is 4.35. The van der Waals surface area contributed by atoms with Gasteiger partial charge in [-0.1, -0.05) is 24.3 Å². The monoisotopic (exact) mass is 248 g/mol. The molecule has 0 saturated carbocycles. The fourth-order valence-electron chi connectivity index (χ4n) is 2.13. The number of aryl methyl sites for hydroxylation is 2. The predicted octanol–water partition coefficient (Wildman–Crippen LogP) is 3.74. The molecule has 0 aliphatic carbocycles. The van der Waals surface area contributed by atoms with Crippen molar-refractivity contribution in [2.24, 2.45) is 0 Å². The molecule has 1 N–H and O–H groups in total. The minimum Gasteiger partial charge on any atom is -0.392 e. The molecule has 0 aliphatic heterocycles. The minimum absolute atomic E-state index is 0.0520. The van der Waals surface area contributed by atoms with E-state index in [2.05, 4.69) is 0 Å². The van der Waals surface area contributed by atoms with E-state index < -0.39 is 11.6 Å². The van der Waals surface area contributed by atoms with E-state index in [0.29, 0.717) is 5.56 Å². The summed E-state index contributed by atoms with van der Waals surface area (Å²) in [6, 6.07) is 7.65. The molecular formula is C15H14F2O. The largest absolute Gasteiger partial charge is 0.392 e. The zero-order valence-electron chi connectivity index (χ0n) is 10.3. The Balaban J connectivity index is 2.62. The summed E-state index contributed by atoms with van der Waals surface area (Å²) in [4.78, 5) is 0. The van der Waals surface area contributed by atoms with E-state index in [1.807, 2.05) is 13.8 Å². The molecule has 3 heteroatoms. The van der Waals surface area contributed by atoms with Crippen LogP contribution in [0.1, 0.15) is 16.7 Å². The third-order valence-electron chi connectivity index (χ3n) is 3.12. The van der Waals surface area contributed by atoms with Crippen molar-refractivity contribution in [1.29, 1.82) is 0 Å². The molecule has 18 heavy (non-hydrogen) atoms. The summed E-state index contributed by atoms with van der Waals surface area (Å²) in [6.45, 7) is 3.64. The second kappa shape index (κ2) is 4.86. The highest BCUT2D eigenvalue weighted by Crippen LogP contribution is 2.28. The summed E-state index contributed by atoms with van der Waals surface area (Å²) < 4.78 is 26.9. The Hall–Kier alpha value is -1.74. The SMILES string of the molecule is Cc1cc(-c2cccc(F)c2F)cc(C)c1CO. The lowest BCUT2D eigenvalue weighted by Crippen LogP contribution is -1.96. The van der Waals surface area contributed by atoms with Gasteiger partial charge >= 0.3 is 0 Å². The van der Waals surface area contributed by atoms with Crippen molar-refractivity contribution < 1.29 is 13.9 Å². The predicted molar refractivity (Wildman–Crippen MR) is 67.2 cm³/mol. The number of hydrogen-bond acceptors (Lipinski definition) is 1. The van der Waals surface area contributed by atoms with Crippen LogP contribution in [0.15, 0.2) is 30.3 Å². The van der Waals surface area contributed by atoms with E-state index in [0.717, 1.165) is 22.8 Å². The van der Waals surface area contributed by atoms with Crippen molar-refractivity contribution in [3.63, 3.8) is 0 Å². The lowest BCUT2D eigenvalue weighted by Gasteiger charge is -2.11. The first kappa shape index (κ1) is 12.7. The van der Waals surface area contributed by atoms with Gasteiger partial charge in [-0.05, 0) is 42.2 Å². The van der Waals surface area contributed by atoms with Gasteiger partial charge in [-0.2, -0.15) is 0 Å². The van der Waals surface area contributed by atoms with Crippen LogP contribution in [0.3, 0.4) is 0 Å². The van der Waals surface area contributed by atoms with Crippen LogP contribution in [0, 0.1) is 25.5 Å². The third-order valence-corrected chi connectivity index (χ3v) is 3.12. The quantitative estimate of drug-likeness (QED) is 0.858. The number of benzene rings is 2. The van der Waals surface area contributed by atoms with Gasteiger partial charge in [-0.15, -0.1) is 0 Å². The summed E-state index contributed by atoms with van der Waals surface area (Å²) >= 11 is 0. The molecule has 0 unspecified atom stereocenters. The lowest BCUT2D eigenvalue weighted by molar-refractivity contribution is 0.280. The molecule has 0 atom stereocenters. The average molecular weight is 248 g/mol. The molecular weight excluding hydrogens is 234 g/mol. The van der Waals surface area contributed by atoms with Gasteiger partial charge in [0.1, 0.15) is 0 Å². The molecule has 0 radical (unpaired) electrons. The van der Waals surface area contributed by atoms with E-state index >= 15 is 0 Å². The molecule has 0 aromatic heterocycles. The molecule has 2 aromatic carbocycles. The highest BCUT2D eigenvalue weighted by Gasteiger charge is 2.12. The van der Waals surface area contributed by atoms with Crippen molar-refractivity contribution >= 4 is 0 Å². The molecule has 0 bridgehead atoms. The van der Waals surface area contributed by atoms with Crippen molar-refractivity contribution in [2.75, 3.05) is 0 Å². The molecule has 0 aliphatic rings. The zero-order chi connectivity index (χ0) is 13.3. The van der Waals surface area contributed by atoms with E-state index in [-0.39, 0.29) is 12.2 Å². The molecule has 0 fully saturated rings. The lowest BCUT2D eigenvalue weighted by atomic mass is 9.95. The summed E-state index contributed by atoms with van der Waals surface area (Å²) in [5, 5.41) is 9.23. The Bertz CT molecular complexity index is 568. The molecule has 0 spiro atoms. The van der Waals surface area contributed by atoms with Crippen molar-refractivity contribution in [3.05, 3.63) is 58.7 Å². The van der Waals surface area contributed by atoms with Crippen LogP contribution in [-0.4, -0.2) is 5.11 Å². The Labute approximate surface area is 105 Å². The molecule has 1 nitrogen and oxygen atoms in total. The van der Waals surface area contributed by atoms with Crippen LogP contribution in [0.25, 0.3) is 11.1 Å².